The van der Waals surface area contributed by atoms with Crippen LogP contribution in [0.2, 0.25) is 0 Å². The average molecular weight is 298 g/mol. The van der Waals surface area contributed by atoms with Gasteiger partial charge in [0.1, 0.15) is 5.54 Å². The van der Waals surface area contributed by atoms with Crippen LogP contribution in [0.1, 0.15) is 66.2 Å². The minimum Gasteiger partial charge on any atom is -0.381 e. The van der Waals surface area contributed by atoms with Gasteiger partial charge in [0, 0.05) is 19.3 Å². The van der Waals surface area contributed by atoms with Gasteiger partial charge in [0.2, 0.25) is 5.91 Å². The van der Waals surface area contributed by atoms with E-state index >= 15 is 0 Å². The Morgan fingerprint density at radius 3 is 2.62 bits per heavy atom. The third-order valence-corrected chi connectivity index (χ3v) is 4.49. The van der Waals surface area contributed by atoms with E-state index in [1.165, 1.54) is 6.42 Å². The molecule has 0 aliphatic heterocycles. The first kappa shape index (κ1) is 18.4. The quantitative estimate of drug-likeness (QED) is 0.610. The highest BCUT2D eigenvalue weighted by atomic mass is 16.5. The number of rotatable bonds is 10. The van der Waals surface area contributed by atoms with Gasteiger partial charge < -0.3 is 15.8 Å². The predicted octanol–water partition coefficient (Wildman–Crippen LogP) is 2.85. The van der Waals surface area contributed by atoms with E-state index in [-0.39, 0.29) is 11.9 Å². The van der Waals surface area contributed by atoms with E-state index in [0.29, 0.717) is 5.92 Å². The van der Waals surface area contributed by atoms with Gasteiger partial charge in [0.05, 0.1) is 0 Å². The molecule has 0 heterocycles. The molecule has 1 amide bonds. The van der Waals surface area contributed by atoms with E-state index in [9.17, 15) is 4.79 Å². The van der Waals surface area contributed by atoms with Crippen LogP contribution in [-0.2, 0) is 9.53 Å². The normalized spacial score (nSPS) is 25.9. The summed E-state index contributed by atoms with van der Waals surface area (Å²) in [4.78, 5) is 12.0. The number of nitrogens with one attached hydrogen (secondary N) is 1. The fraction of sp³-hybridized carbons (Fsp3) is 0.941. The Morgan fingerprint density at radius 1 is 1.33 bits per heavy atom. The number of nitrogens with two attached hydrogens (primary N) is 1. The molecule has 2 atom stereocenters. The Labute approximate surface area is 130 Å². The Hall–Kier alpha value is -0.610. The molecule has 4 nitrogen and oxygen atoms in total. The number of hydrogen-bond acceptors (Lipinski definition) is 3. The Kier molecular flexibility index (Phi) is 7.67. The van der Waals surface area contributed by atoms with E-state index in [1.807, 2.05) is 0 Å². The summed E-state index contributed by atoms with van der Waals surface area (Å²) in [6, 6.07) is 0.269. The average Bonchev–Trinajstić information content (AvgIpc) is 2.76. The van der Waals surface area contributed by atoms with Gasteiger partial charge in [-0.3, -0.25) is 4.79 Å². The van der Waals surface area contributed by atoms with Crippen LogP contribution < -0.4 is 11.1 Å². The number of carbonyl (C=O) groups is 1. The molecule has 0 saturated heterocycles. The summed E-state index contributed by atoms with van der Waals surface area (Å²) in [5.41, 5.74) is 5.20. The van der Waals surface area contributed by atoms with Gasteiger partial charge in [0.15, 0.2) is 0 Å². The fourth-order valence-corrected chi connectivity index (χ4v) is 3.49. The van der Waals surface area contributed by atoms with Crippen molar-refractivity contribution in [3.63, 3.8) is 0 Å². The first-order valence-corrected chi connectivity index (χ1v) is 8.54. The van der Waals surface area contributed by atoms with Crippen molar-refractivity contribution in [1.82, 2.24) is 5.32 Å². The van der Waals surface area contributed by atoms with Crippen molar-refractivity contribution in [2.24, 2.45) is 17.6 Å². The monoisotopic (exact) mass is 298 g/mol. The Bertz CT molecular complexity index is 318. The van der Waals surface area contributed by atoms with Gasteiger partial charge in [-0.1, -0.05) is 20.3 Å². The standard InChI is InChI=1S/C17H34N2O2/c1-13(2)7-6-11-21-12-9-15-8-5-10-17(15,16(18)20)19-14(3)4/h13-15,19H,5-12H2,1-4H3,(H2,18,20). The van der Waals surface area contributed by atoms with Crippen LogP contribution in [0.25, 0.3) is 0 Å². The van der Waals surface area contributed by atoms with Gasteiger partial charge in [-0.2, -0.15) is 0 Å². The molecular weight excluding hydrogens is 264 g/mol. The van der Waals surface area contributed by atoms with E-state index in [4.69, 9.17) is 10.5 Å². The van der Waals surface area contributed by atoms with Crippen LogP contribution in [-0.4, -0.2) is 30.7 Å². The van der Waals surface area contributed by atoms with Crippen LogP contribution in [0.15, 0.2) is 0 Å². The maximum absolute atomic E-state index is 12.0. The Balaban J connectivity index is 2.39. The lowest BCUT2D eigenvalue weighted by Gasteiger charge is -2.35. The topological polar surface area (TPSA) is 64.3 Å². The molecule has 3 N–H and O–H groups in total. The molecule has 1 aliphatic carbocycles. The molecule has 1 fully saturated rings. The number of carbonyl (C=O) groups excluding carboxylic acids is 1. The number of primary amides is 1. The van der Waals surface area contributed by atoms with E-state index in [0.717, 1.165) is 51.2 Å². The number of amides is 1. The molecule has 124 valence electrons. The second-order valence-electron chi connectivity index (χ2n) is 7.16. The highest BCUT2D eigenvalue weighted by Crippen LogP contribution is 2.38. The molecule has 0 spiro atoms. The largest absolute Gasteiger partial charge is 0.381 e. The molecule has 21 heavy (non-hydrogen) atoms. The predicted molar refractivity (Wildman–Crippen MR) is 87.0 cm³/mol. The summed E-state index contributed by atoms with van der Waals surface area (Å²) in [6.45, 7) is 10.2. The lowest BCUT2D eigenvalue weighted by molar-refractivity contribution is -0.126. The summed E-state index contributed by atoms with van der Waals surface area (Å²) in [6.07, 6.45) is 6.25. The zero-order chi connectivity index (χ0) is 15.9. The second kappa shape index (κ2) is 8.74. The maximum Gasteiger partial charge on any atom is 0.238 e. The summed E-state index contributed by atoms with van der Waals surface area (Å²) in [5.74, 6) is 0.849. The van der Waals surface area contributed by atoms with Crippen molar-refractivity contribution < 1.29 is 9.53 Å². The lowest BCUT2D eigenvalue weighted by atomic mass is 9.83. The smallest absolute Gasteiger partial charge is 0.238 e. The molecule has 1 rings (SSSR count). The SMILES string of the molecule is CC(C)CCCOCCC1CCCC1(NC(C)C)C(N)=O. The molecule has 0 aromatic rings. The van der Waals surface area contributed by atoms with Crippen molar-refractivity contribution in [1.29, 1.82) is 0 Å². The summed E-state index contributed by atoms with van der Waals surface area (Å²) < 4.78 is 5.74. The van der Waals surface area contributed by atoms with Crippen LogP contribution in [0.4, 0.5) is 0 Å². The molecular formula is C17H34N2O2. The highest BCUT2D eigenvalue weighted by Gasteiger charge is 2.47. The van der Waals surface area contributed by atoms with Gasteiger partial charge in [-0.05, 0) is 57.8 Å². The molecule has 0 radical (unpaired) electrons. The first-order valence-electron chi connectivity index (χ1n) is 8.54. The Morgan fingerprint density at radius 2 is 2.05 bits per heavy atom. The third-order valence-electron chi connectivity index (χ3n) is 4.49. The van der Waals surface area contributed by atoms with Crippen LogP contribution in [0, 0.1) is 11.8 Å². The molecule has 2 unspecified atom stereocenters. The molecule has 0 aromatic carbocycles. The van der Waals surface area contributed by atoms with Crippen LogP contribution in [0.5, 0.6) is 0 Å². The fourth-order valence-electron chi connectivity index (χ4n) is 3.49. The molecule has 1 aliphatic rings. The third kappa shape index (κ3) is 5.59. The zero-order valence-electron chi connectivity index (χ0n) is 14.3. The summed E-state index contributed by atoms with van der Waals surface area (Å²) in [5, 5.41) is 3.44. The van der Waals surface area contributed by atoms with Crippen molar-refractivity contribution >= 4 is 5.91 Å². The number of hydrogen-bond donors (Lipinski definition) is 2. The van der Waals surface area contributed by atoms with E-state index < -0.39 is 5.54 Å². The second-order valence-corrected chi connectivity index (χ2v) is 7.16. The first-order chi connectivity index (χ1) is 9.88. The minimum absolute atomic E-state index is 0.196. The molecule has 0 aromatic heterocycles. The van der Waals surface area contributed by atoms with Gasteiger partial charge >= 0.3 is 0 Å². The molecule has 4 heteroatoms. The highest BCUT2D eigenvalue weighted by molar-refractivity contribution is 5.85. The zero-order valence-corrected chi connectivity index (χ0v) is 14.3. The van der Waals surface area contributed by atoms with Crippen molar-refractivity contribution in [3.05, 3.63) is 0 Å². The lowest BCUT2D eigenvalue weighted by Crippen LogP contribution is -2.60. The van der Waals surface area contributed by atoms with Crippen LogP contribution in [0.3, 0.4) is 0 Å². The van der Waals surface area contributed by atoms with Crippen molar-refractivity contribution in [2.45, 2.75) is 77.8 Å². The van der Waals surface area contributed by atoms with E-state index in [1.54, 1.807) is 0 Å². The van der Waals surface area contributed by atoms with Crippen molar-refractivity contribution in [3.8, 4) is 0 Å². The molecule has 1 saturated carbocycles. The van der Waals surface area contributed by atoms with Crippen molar-refractivity contribution in [2.75, 3.05) is 13.2 Å². The maximum atomic E-state index is 12.0. The summed E-state index contributed by atoms with van der Waals surface area (Å²) >= 11 is 0. The summed E-state index contributed by atoms with van der Waals surface area (Å²) in [7, 11) is 0. The van der Waals surface area contributed by atoms with Gasteiger partial charge in [-0.15, -0.1) is 0 Å². The van der Waals surface area contributed by atoms with Gasteiger partial charge in [-0.25, -0.2) is 0 Å². The van der Waals surface area contributed by atoms with Gasteiger partial charge in [0.25, 0.3) is 0 Å². The minimum atomic E-state index is -0.518. The molecule has 0 bridgehead atoms. The number of ether oxygens (including phenoxy) is 1. The van der Waals surface area contributed by atoms with E-state index in [2.05, 4.69) is 33.0 Å². The van der Waals surface area contributed by atoms with Crippen LogP contribution >= 0.6 is 0 Å².